The number of anilines is 1. The Hall–Kier alpha value is -4.39. The Labute approximate surface area is 234 Å². The van der Waals surface area contributed by atoms with Crippen molar-refractivity contribution < 1.29 is 14.4 Å². The summed E-state index contributed by atoms with van der Waals surface area (Å²) in [6, 6.07) is 21.7. The number of hydrogen-bond acceptors (Lipinski definition) is 3. The van der Waals surface area contributed by atoms with Crippen molar-refractivity contribution in [1.29, 1.82) is 0 Å². The van der Waals surface area contributed by atoms with Crippen molar-refractivity contribution >= 4 is 34.4 Å². The van der Waals surface area contributed by atoms with Gasteiger partial charge >= 0.3 is 6.03 Å². The molecule has 0 radical (unpaired) electrons. The van der Waals surface area contributed by atoms with Crippen LogP contribution in [-0.4, -0.2) is 40.3 Å². The topological polar surface area (TPSA) is 85.5 Å². The Morgan fingerprint density at radius 1 is 0.950 bits per heavy atom. The first-order chi connectivity index (χ1) is 19.3. The first kappa shape index (κ1) is 25.9. The summed E-state index contributed by atoms with van der Waals surface area (Å²) in [4.78, 5) is 48.0. The van der Waals surface area contributed by atoms with E-state index in [2.05, 4.69) is 54.5 Å². The number of imide groups is 1. The Morgan fingerprint density at radius 2 is 1.65 bits per heavy atom. The van der Waals surface area contributed by atoms with Crippen molar-refractivity contribution in [2.45, 2.75) is 52.1 Å². The highest BCUT2D eigenvalue weighted by Gasteiger charge is 2.53. The molecule has 6 rings (SSSR count). The number of carbonyl (C=O) groups is 3. The fraction of sp³-hybridized carbons (Fsp3) is 0.303. The van der Waals surface area contributed by atoms with Gasteiger partial charge in [-0.15, -0.1) is 0 Å². The van der Waals surface area contributed by atoms with Crippen molar-refractivity contribution in [1.82, 2.24) is 15.2 Å². The number of aromatic nitrogens is 1. The summed E-state index contributed by atoms with van der Waals surface area (Å²) in [7, 11) is 0. The van der Waals surface area contributed by atoms with Gasteiger partial charge in [0.05, 0.1) is 11.3 Å². The summed E-state index contributed by atoms with van der Waals surface area (Å²) in [5, 5.41) is 3.99. The molecular formula is C33H34N4O3. The van der Waals surface area contributed by atoms with Gasteiger partial charge in [0.25, 0.3) is 11.8 Å². The number of H-pyrrole nitrogens is 1. The number of hydrogen-bond donors (Lipinski definition) is 2. The van der Waals surface area contributed by atoms with Crippen molar-refractivity contribution in [3.05, 3.63) is 101 Å². The van der Waals surface area contributed by atoms with Gasteiger partial charge in [0.15, 0.2) is 0 Å². The van der Waals surface area contributed by atoms with Crippen LogP contribution in [0.25, 0.3) is 10.9 Å². The van der Waals surface area contributed by atoms with Gasteiger partial charge in [-0.2, -0.15) is 0 Å². The van der Waals surface area contributed by atoms with Crippen LogP contribution in [0, 0.1) is 5.92 Å². The Morgan fingerprint density at radius 3 is 2.38 bits per heavy atom. The zero-order valence-corrected chi connectivity index (χ0v) is 23.3. The summed E-state index contributed by atoms with van der Waals surface area (Å²) in [6.45, 7) is 8.83. The lowest BCUT2D eigenvalue weighted by atomic mass is 9.88. The van der Waals surface area contributed by atoms with Crippen LogP contribution in [0.2, 0.25) is 0 Å². The number of fused-ring (bicyclic) bond motifs is 4. The molecule has 2 aliphatic heterocycles. The number of rotatable bonds is 6. The highest BCUT2D eigenvalue weighted by atomic mass is 16.2. The van der Waals surface area contributed by atoms with E-state index in [4.69, 9.17) is 0 Å². The van der Waals surface area contributed by atoms with Gasteiger partial charge in [0.1, 0.15) is 12.1 Å². The quantitative estimate of drug-likeness (QED) is 0.291. The summed E-state index contributed by atoms with van der Waals surface area (Å²) < 4.78 is 0. The van der Waals surface area contributed by atoms with Crippen LogP contribution in [0.15, 0.2) is 72.8 Å². The van der Waals surface area contributed by atoms with E-state index < -0.39 is 18.1 Å². The minimum atomic E-state index is -0.680. The molecule has 1 saturated heterocycles. The molecule has 2 N–H and O–H groups in total. The predicted molar refractivity (Wildman–Crippen MR) is 156 cm³/mol. The third kappa shape index (κ3) is 4.17. The van der Waals surface area contributed by atoms with Crippen LogP contribution in [0.5, 0.6) is 0 Å². The highest BCUT2D eigenvalue weighted by molar-refractivity contribution is 6.24. The van der Waals surface area contributed by atoms with Crippen LogP contribution in [0.4, 0.5) is 10.5 Å². The van der Waals surface area contributed by atoms with E-state index in [0.29, 0.717) is 30.1 Å². The largest absolute Gasteiger partial charge is 0.356 e. The van der Waals surface area contributed by atoms with Crippen LogP contribution in [0.3, 0.4) is 0 Å². The molecule has 4 amide bonds. The zero-order valence-electron chi connectivity index (χ0n) is 23.3. The Kier molecular flexibility index (Phi) is 6.45. The van der Waals surface area contributed by atoms with E-state index in [0.717, 1.165) is 27.7 Å². The van der Waals surface area contributed by atoms with Gasteiger partial charge in [0.2, 0.25) is 0 Å². The second-order valence-electron chi connectivity index (χ2n) is 11.5. The Balaban J connectivity index is 1.46. The molecule has 204 valence electrons. The van der Waals surface area contributed by atoms with Crippen LogP contribution >= 0.6 is 0 Å². The third-order valence-corrected chi connectivity index (χ3v) is 8.03. The summed E-state index contributed by atoms with van der Waals surface area (Å²) in [5.74, 6) is 0.0353. The van der Waals surface area contributed by atoms with Gasteiger partial charge in [-0.3, -0.25) is 14.5 Å². The average molecular weight is 535 g/mol. The molecule has 0 saturated carbocycles. The van der Waals surface area contributed by atoms with Crippen molar-refractivity contribution in [2.24, 2.45) is 5.92 Å². The zero-order chi connectivity index (χ0) is 28.1. The van der Waals surface area contributed by atoms with Crippen LogP contribution in [0.1, 0.15) is 72.4 Å². The summed E-state index contributed by atoms with van der Waals surface area (Å²) in [5.41, 5.74) is 5.75. The summed E-state index contributed by atoms with van der Waals surface area (Å²) >= 11 is 0. The number of aromatic amines is 1. The first-order valence-electron chi connectivity index (χ1n) is 14.0. The number of carbonyl (C=O) groups excluding carboxylic acids is 3. The molecule has 2 aliphatic rings. The lowest BCUT2D eigenvalue weighted by Gasteiger charge is -2.36. The van der Waals surface area contributed by atoms with E-state index in [1.165, 1.54) is 10.5 Å². The standard InChI is InChI=1S/C33H34N4O3/c1-19(2)18-34-31(38)24-10-6-8-12-27(24)37-32(39)28-17-25-23-9-5-7-11-26(23)35-29(25)30(36(28)33(37)40)22-15-13-21(14-16-22)20(3)4/h5-16,19-20,28,30,35H,17-18H2,1-4H3,(H,34,38)/t28-,30-/m0/s1. The number of benzene rings is 3. The van der Waals surface area contributed by atoms with E-state index in [1.807, 2.05) is 32.0 Å². The molecule has 0 bridgehead atoms. The molecule has 4 aromatic rings. The second-order valence-corrected chi connectivity index (χ2v) is 11.5. The number of para-hydroxylation sites is 2. The molecule has 7 heteroatoms. The lowest BCUT2D eigenvalue weighted by molar-refractivity contribution is -0.120. The average Bonchev–Trinajstić information content (AvgIpc) is 3.44. The van der Waals surface area contributed by atoms with E-state index >= 15 is 0 Å². The van der Waals surface area contributed by atoms with Crippen molar-refractivity contribution in [3.63, 3.8) is 0 Å². The van der Waals surface area contributed by atoms with Crippen molar-refractivity contribution in [2.75, 3.05) is 11.4 Å². The minimum Gasteiger partial charge on any atom is -0.356 e. The molecule has 1 aromatic heterocycles. The van der Waals surface area contributed by atoms with Crippen LogP contribution in [-0.2, 0) is 11.2 Å². The number of nitrogens with one attached hydrogen (secondary N) is 2. The normalized spacial score (nSPS) is 18.6. The monoisotopic (exact) mass is 534 g/mol. The predicted octanol–water partition coefficient (Wildman–Crippen LogP) is 6.16. The molecule has 0 unspecified atom stereocenters. The highest BCUT2D eigenvalue weighted by Crippen LogP contribution is 2.45. The smallest absolute Gasteiger partial charge is 0.332 e. The van der Waals surface area contributed by atoms with E-state index in [9.17, 15) is 14.4 Å². The maximum absolute atomic E-state index is 14.3. The molecule has 1 fully saturated rings. The van der Waals surface area contributed by atoms with Gasteiger partial charge in [-0.05, 0) is 46.7 Å². The molecule has 40 heavy (non-hydrogen) atoms. The Bertz CT molecular complexity index is 1620. The number of amides is 4. The molecule has 3 aromatic carbocycles. The summed E-state index contributed by atoms with van der Waals surface area (Å²) in [6.07, 6.45) is 0.405. The van der Waals surface area contributed by atoms with Crippen molar-refractivity contribution in [3.8, 4) is 0 Å². The molecule has 0 spiro atoms. The fourth-order valence-corrected chi connectivity index (χ4v) is 5.96. The van der Waals surface area contributed by atoms with Gasteiger partial charge in [-0.1, -0.05) is 82.3 Å². The van der Waals surface area contributed by atoms with Gasteiger partial charge < -0.3 is 10.3 Å². The molecule has 0 aliphatic carbocycles. The molecular weight excluding hydrogens is 500 g/mol. The minimum absolute atomic E-state index is 0.270. The maximum Gasteiger partial charge on any atom is 0.332 e. The van der Waals surface area contributed by atoms with E-state index in [-0.39, 0.29) is 17.7 Å². The van der Waals surface area contributed by atoms with Gasteiger partial charge in [0, 0.05) is 29.6 Å². The first-order valence-corrected chi connectivity index (χ1v) is 14.0. The third-order valence-electron chi connectivity index (χ3n) is 8.03. The number of nitrogens with zero attached hydrogens (tertiary/aromatic N) is 2. The maximum atomic E-state index is 14.3. The van der Waals surface area contributed by atoms with Crippen LogP contribution < -0.4 is 10.2 Å². The lowest BCUT2D eigenvalue weighted by Crippen LogP contribution is -2.44. The number of urea groups is 1. The second kappa shape index (κ2) is 9.97. The van der Waals surface area contributed by atoms with E-state index in [1.54, 1.807) is 29.2 Å². The molecule has 2 atom stereocenters. The molecule has 7 nitrogen and oxygen atoms in total. The fourth-order valence-electron chi connectivity index (χ4n) is 5.96. The SMILES string of the molecule is CC(C)CNC(=O)c1ccccc1N1C(=O)[C@@H]2Cc3c([nH]c4ccccc34)[C@H](c3ccc(C(C)C)cc3)N2C1=O. The van der Waals surface area contributed by atoms with Gasteiger partial charge in [-0.25, -0.2) is 9.69 Å². The molecule has 3 heterocycles.